The normalized spacial score (nSPS) is 10.3. The number of likely N-dealkylation sites (N-methyl/N-ethyl adjacent to an activating group) is 1. The Bertz CT molecular complexity index is 743. The van der Waals surface area contributed by atoms with Crippen molar-refractivity contribution in [1.29, 1.82) is 0 Å². The van der Waals surface area contributed by atoms with Crippen molar-refractivity contribution in [3.8, 4) is 11.5 Å². The van der Waals surface area contributed by atoms with Gasteiger partial charge < -0.3 is 14.4 Å². The van der Waals surface area contributed by atoms with E-state index in [-0.39, 0.29) is 18.3 Å². The van der Waals surface area contributed by atoms with Crippen LogP contribution in [0.4, 0.5) is 0 Å². The summed E-state index contributed by atoms with van der Waals surface area (Å²) in [6, 6.07) is 15.1. The van der Waals surface area contributed by atoms with E-state index in [1.807, 2.05) is 18.2 Å². The van der Waals surface area contributed by atoms with Crippen LogP contribution in [0.3, 0.4) is 0 Å². The summed E-state index contributed by atoms with van der Waals surface area (Å²) < 4.78 is 10.8. The van der Waals surface area contributed by atoms with E-state index in [1.165, 1.54) is 19.6 Å². The number of ketones is 1. The molecule has 0 spiro atoms. The molecule has 0 aliphatic rings. The van der Waals surface area contributed by atoms with Crippen LogP contribution in [0.25, 0.3) is 0 Å². The van der Waals surface area contributed by atoms with Crippen LogP contribution in [0.1, 0.15) is 29.3 Å². The maximum Gasteiger partial charge on any atom is 0.260 e. The van der Waals surface area contributed by atoms with E-state index in [2.05, 4.69) is 12.1 Å². The van der Waals surface area contributed by atoms with Gasteiger partial charge in [-0.05, 0) is 43.5 Å². The third-order valence-electron chi connectivity index (χ3n) is 4.15. The lowest BCUT2D eigenvalue weighted by Crippen LogP contribution is -2.32. The molecule has 26 heavy (non-hydrogen) atoms. The number of aryl methyl sites for hydroxylation is 1. The highest BCUT2D eigenvalue weighted by Gasteiger charge is 2.13. The maximum absolute atomic E-state index is 12.2. The van der Waals surface area contributed by atoms with E-state index < -0.39 is 0 Å². The van der Waals surface area contributed by atoms with Crippen LogP contribution in [0.15, 0.2) is 48.5 Å². The van der Waals surface area contributed by atoms with E-state index in [0.717, 1.165) is 12.8 Å². The van der Waals surface area contributed by atoms with E-state index in [1.54, 1.807) is 30.1 Å². The van der Waals surface area contributed by atoms with Gasteiger partial charge in [-0.25, -0.2) is 0 Å². The van der Waals surface area contributed by atoms with Gasteiger partial charge in [0.05, 0.1) is 7.11 Å². The first-order valence-electron chi connectivity index (χ1n) is 8.61. The molecule has 0 atom stereocenters. The lowest BCUT2D eigenvalue weighted by molar-refractivity contribution is -0.132. The summed E-state index contributed by atoms with van der Waals surface area (Å²) in [5.41, 5.74) is 1.80. The predicted molar refractivity (Wildman–Crippen MR) is 101 cm³/mol. The first-order valence-corrected chi connectivity index (χ1v) is 8.61. The number of methoxy groups -OCH3 is 1. The van der Waals surface area contributed by atoms with Crippen LogP contribution in [-0.2, 0) is 11.2 Å². The molecule has 0 aliphatic heterocycles. The summed E-state index contributed by atoms with van der Waals surface area (Å²) in [6.45, 7) is 2.08. The molecule has 5 heteroatoms. The number of hydrogen-bond acceptors (Lipinski definition) is 4. The van der Waals surface area contributed by atoms with Crippen molar-refractivity contribution >= 4 is 11.7 Å². The Hall–Kier alpha value is -2.82. The highest BCUT2D eigenvalue weighted by atomic mass is 16.5. The molecule has 0 N–H and O–H groups in total. The molecular weight excluding hydrogens is 330 g/mol. The lowest BCUT2D eigenvalue weighted by atomic mass is 10.1. The van der Waals surface area contributed by atoms with Crippen LogP contribution in [0, 0.1) is 0 Å². The molecule has 2 aromatic carbocycles. The minimum atomic E-state index is -0.101. The number of carbonyl (C=O) groups is 2. The van der Waals surface area contributed by atoms with Crippen molar-refractivity contribution in [1.82, 2.24) is 4.90 Å². The van der Waals surface area contributed by atoms with E-state index in [9.17, 15) is 9.59 Å². The fraction of sp³-hybridized carbons (Fsp3) is 0.333. The smallest absolute Gasteiger partial charge is 0.260 e. The largest absolute Gasteiger partial charge is 0.493 e. The number of hydrogen-bond donors (Lipinski definition) is 0. The van der Waals surface area contributed by atoms with Crippen molar-refractivity contribution in [2.45, 2.75) is 19.8 Å². The summed E-state index contributed by atoms with van der Waals surface area (Å²) in [5, 5.41) is 0. The first-order chi connectivity index (χ1) is 12.5. The second kappa shape index (κ2) is 9.61. The SMILES string of the molecule is COc1cc(C(C)=O)ccc1OCC(=O)N(C)CCCc1ccccc1. The third-order valence-corrected chi connectivity index (χ3v) is 4.15. The Kier molecular flexibility index (Phi) is 7.21. The predicted octanol–water partition coefficient (Wildman–Crippen LogP) is 3.37. The first kappa shape index (κ1) is 19.5. The van der Waals surface area contributed by atoms with Gasteiger partial charge in [0.15, 0.2) is 23.9 Å². The maximum atomic E-state index is 12.2. The van der Waals surface area contributed by atoms with Gasteiger partial charge in [-0.15, -0.1) is 0 Å². The van der Waals surface area contributed by atoms with Gasteiger partial charge >= 0.3 is 0 Å². The van der Waals surface area contributed by atoms with E-state index in [0.29, 0.717) is 23.6 Å². The van der Waals surface area contributed by atoms with Crippen LogP contribution in [-0.4, -0.2) is 43.9 Å². The Morgan fingerprint density at radius 3 is 2.42 bits per heavy atom. The average Bonchev–Trinajstić information content (AvgIpc) is 2.66. The number of nitrogens with zero attached hydrogens (tertiary/aromatic N) is 1. The summed E-state index contributed by atoms with van der Waals surface area (Å²) in [4.78, 5) is 25.3. The summed E-state index contributed by atoms with van der Waals surface area (Å²) >= 11 is 0. The summed E-state index contributed by atoms with van der Waals surface area (Å²) in [6.07, 6.45) is 1.82. The molecule has 0 saturated heterocycles. The monoisotopic (exact) mass is 355 g/mol. The molecule has 0 saturated carbocycles. The zero-order valence-corrected chi connectivity index (χ0v) is 15.5. The third kappa shape index (κ3) is 5.62. The molecule has 2 aromatic rings. The van der Waals surface area contributed by atoms with Gasteiger partial charge in [0, 0.05) is 19.2 Å². The summed E-state index contributed by atoms with van der Waals surface area (Å²) in [5.74, 6) is 0.737. The standard InChI is InChI=1S/C21H25NO4/c1-16(23)18-11-12-19(20(14-18)25-3)26-15-21(24)22(2)13-7-10-17-8-5-4-6-9-17/h4-6,8-9,11-12,14H,7,10,13,15H2,1-3H3. The molecule has 5 nitrogen and oxygen atoms in total. The molecule has 0 heterocycles. The number of Topliss-reactive ketones (excluding diaryl/α,β-unsaturated/α-hetero) is 1. The number of carbonyl (C=O) groups excluding carboxylic acids is 2. The van der Waals surface area contributed by atoms with Crippen LogP contribution in [0.5, 0.6) is 11.5 Å². The molecule has 0 radical (unpaired) electrons. The molecule has 0 aliphatic carbocycles. The van der Waals surface area contributed by atoms with Crippen molar-refractivity contribution in [3.63, 3.8) is 0 Å². The number of rotatable bonds is 9. The van der Waals surface area contributed by atoms with Crippen LogP contribution >= 0.6 is 0 Å². The molecule has 0 unspecified atom stereocenters. The van der Waals surface area contributed by atoms with Gasteiger partial charge in [-0.2, -0.15) is 0 Å². The zero-order chi connectivity index (χ0) is 18.9. The second-order valence-electron chi connectivity index (χ2n) is 6.11. The topological polar surface area (TPSA) is 55.8 Å². The van der Waals surface area contributed by atoms with E-state index in [4.69, 9.17) is 9.47 Å². The van der Waals surface area contributed by atoms with Crippen LogP contribution < -0.4 is 9.47 Å². The molecule has 0 aromatic heterocycles. The van der Waals surface area contributed by atoms with Crippen molar-refractivity contribution in [3.05, 3.63) is 59.7 Å². The molecule has 1 amide bonds. The Balaban J connectivity index is 1.82. The lowest BCUT2D eigenvalue weighted by Gasteiger charge is -2.18. The van der Waals surface area contributed by atoms with Gasteiger partial charge in [0.2, 0.25) is 0 Å². The molecule has 2 rings (SSSR count). The van der Waals surface area contributed by atoms with Gasteiger partial charge in [0.25, 0.3) is 5.91 Å². The second-order valence-corrected chi connectivity index (χ2v) is 6.11. The van der Waals surface area contributed by atoms with Crippen LogP contribution in [0.2, 0.25) is 0 Å². The minimum Gasteiger partial charge on any atom is -0.493 e. The highest BCUT2D eigenvalue weighted by Crippen LogP contribution is 2.28. The van der Waals surface area contributed by atoms with Gasteiger partial charge in [0.1, 0.15) is 0 Å². The van der Waals surface area contributed by atoms with Crippen molar-refractivity contribution in [2.75, 3.05) is 27.3 Å². The summed E-state index contributed by atoms with van der Waals surface area (Å²) in [7, 11) is 3.27. The minimum absolute atomic E-state index is 0.0518. The van der Waals surface area contributed by atoms with E-state index >= 15 is 0 Å². The number of ether oxygens (including phenoxy) is 2. The Morgan fingerprint density at radius 2 is 1.77 bits per heavy atom. The average molecular weight is 355 g/mol. The van der Waals surface area contributed by atoms with Gasteiger partial charge in [-0.3, -0.25) is 9.59 Å². The van der Waals surface area contributed by atoms with Gasteiger partial charge in [-0.1, -0.05) is 30.3 Å². The number of amides is 1. The highest BCUT2D eigenvalue weighted by molar-refractivity contribution is 5.94. The quantitative estimate of drug-likeness (QED) is 0.647. The Labute approximate surface area is 154 Å². The van der Waals surface area contributed by atoms with Crippen molar-refractivity contribution < 1.29 is 19.1 Å². The molecule has 0 bridgehead atoms. The zero-order valence-electron chi connectivity index (χ0n) is 15.5. The molecule has 0 fully saturated rings. The number of benzene rings is 2. The molecule has 138 valence electrons. The fourth-order valence-electron chi connectivity index (χ4n) is 2.55. The molecular formula is C21H25NO4. The van der Waals surface area contributed by atoms with Crippen molar-refractivity contribution in [2.24, 2.45) is 0 Å². The Morgan fingerprint density at radius 1 is 1.04 bits per heavy atom. The fourth-order valence-corrected chi connectivity index (χ4v) is 2.55.